The molecule has 1 fully saturated rings. The molecule has 23 heavy (non-hydrogen) atoms. The van der Waals surface area contributed by atoms with Crippen molar-refractivity contribution in [2.24, 2.45) is 5.41 Å². The van der Waals surface area contributed by atoms with Crippen LogP contribution in [0.1, 0.15) is 51.0 Å². The fourth-order valence-corrected chi connectivity index (χ4v) is 3.26. The van der Waals surface area contributed by atoms with Gasteiger partial charge in [-0.15, -0.1) is 0 Å². The average molecular weight is 319 g/mol. The molecule has 0 heterocycles. The molecule has 1 unspecified atom stereocenters. The monoisotopic (exact) mass is 319 g/mol. The van der Waals surface area contributed by atoms with E-state index in [1.54, 1.807) is 0 Å². The second-order valence-corrected chi connectivity index (χ2v) is 6.57. The lowest BCUT2D eigenvalue weighted by Crippen LogP contribution is -2.48. The van der Waals surface area contributed by atoms with Gasteiger partial charge in [-0.05, 0) is 23.8 Å². The maximum atomic E-state index is 12.1. The zero-order chi connectivity index (χ0) is 16.7. The van der Waals surface area contributed by atoms with Crippen LogP contribution in [-0.4, -0.2) is 23.2 Å². The minimum Gasteiger partial charge on any atom is -0.481 e. The van der Waals surface area contributed by atoms with Gasteiger partial charge in [-0.1, -0.05) is 56.5 Å². The van der Waals surface area contributed by atoms with E-state index in [1.807, 2.05) is 30.3 Å². The van der Waals surface area contributed by atoms with Crippen molar-refractivity contribution in [1.29, 1.82) is 0 Å². The van der Waals surface area contributed by atoms with E-state index in [-0.39, 0.29) is 18.4 Å². The van der Waals surface area contributed by atoms with Gasteiger partial charge in [0.25, 0.3) is 0 Å². The van der Waals surface area contributed by atoms with Crippen LogP contribution in [0.15, 0.2) is 30.3 Å². The molecule has 0 saturated heterocycles. The molecule has 2 N–H and O–H groups in total. The highest BCUT2D eigenvalue weighted by molar-refractivity contribution is 5.71. The van der Waals surface area contributed by atoms with Gasteiger partial charge in [0, 0.05) is 6.04 Å². The highest BCUT2D eigenvalue weighted by Gasteiger charge is 2.37. The first kappa shape index (κ1) is 17.3. The van der Waals surface area contributed by atoms with E-state index >= 15 is 0 Å². The number of aliphatic carboxylic acids is 1. The van der Waals surface area contributed by atoms with Gasteiger partial charge in [0.2, 0.25) is 0 Å². The summed E-state index contributed by atoms with van der Waals surface area (Å²) < 4.78 is 5.23. The molecular weight excluding hydrogens is 294 g/mol. The molecule has 2 rings (SSSR count). The van der Waals surface area contributed by atoms with Crippen molar-refractivity contribution in [2.75, 3.05) is 0 Å². The molecule has 1 aromatic carbocycles. The summed E-state index contributed by atoms with van der Waals surface area (Å²) in [6.45, 7) is 2.25. The number of hydrogen-bond acceptors (Lipinski definition) is 3. The van der Waals surface area contributed by atoms with E-state index in [0.29, 0.717) is 0 Å². The lowest BCUT2D eigenvalue weighted by Gasteiger charge is -2.40. The summed E-state index contributed by atoms with van der Waals surface area (Å²) in [4.78, 5) is 23.2. The number of amides is 1. The Kier molecular flexibility index (Phi) is 6.02. The molecule has 1 atom stereocenters. The fraction of sp³-hybridized carbons (Fsp3) is 0.556. The van der Waals surface area contributed by atoms with E-state index in [1.165, 1.54) is 6.42 Å². The van der Waals surface area contributed by atoms with Crippen molar-refractivity contribution >= 4 is 12.1 Å². The normalized spacial score (nSPS) is 18.0. The Balaban J connectivity index is 1.93. The van der Waals surface area contributed by atoms with E-state index in [0.717, 1.165) is 31.2 Å². The van der Waals surface area contributed by atoms with Crippen LogP contribution in [0.4, 0.5) is 4.79 Å². The van der Waals surface area contributed by atoms with Crippen LogP contribution >= 0.6 is 0 Å². The predicted octanol–water partition coefficient (Wildman–Crippen LogP) is 3.73. The molecule has 1 saturated carbocycles. The number of alkyl carbamates (subject to hydrolysis) is 1. The zero-order valence-electron chi connectivity index (χ0n) is 13.6. The second kappa shape index (κ2) is 7.99. The Morgan fingerprint density at radius 3 is 2.48 bits per heavy atom. The third-order valence-electron chi connectivity index (χ3n) is 4.72. The zero-order valence-corrected chi connectivity index (χ0v) is 13.6. The van der Waals surface area contributed by atoms with Gasteiger partial charge in [-0.2, -0.15) is 0 Å². The molecule has 0 radical (unpaired) electrons. The molecule has 5 heteroatoms. The summed E-state index contributed by atoms with van der Waals surface area (Å²) in [6, 6.07) is 9.02. The molecular formula is C18H25NO4. The number of carboxylic acids is 1. The summed E-state index contributed by atoms with van der Waals surface area (Å²) in [5.74, 6) is -0.898. The van der Waals surface area contributed by atoms with Crippen molar-refractivity contribution in [3.05, 3.63) is 35.9 Å². The lowest BCUT2D eigenvalue weighted by atomic mass is 9.69. The summed E-state index contributed by atoms with van der Waals surface area (Å²) in [7, 11) is 0. The van der Waals surface area contributed by atoms with Crippen molar-refractivity contribution in [1.82, 2.24) is 5.32 Å². The topological polar surface area (TPSA) is 75.6 Å². The van der Waals surface area contributed by atoms with Crippen molar-refractivity contribution in [2.45, 2.75) is 58.1 Å². The van der Waals surface area contributed by atoms with Crippen LogP contribution in [0.2, 0.25) is 0 Å². The molecule has 126 valence electrons. The number of carbonyl (C=O) groups excluding carboxylic acids is 1. The summed E-state index contributed by atoms with van der Waals surface area (Å²) in [5.41, 5.74) is 0.726. The van der Waals surface area contributed by atoms with Crippen LogP contribution in [0.5, 0.6) is 0 Å². The molecule has 0 aliphatic heterocycles. The first-order valence-electron chi connectivity index (χ1n) is 8.19. The Morgan fingerprint density at radius 1 is 1.22 bits per heavy atom. The summed E-state index contributed by atoms with van der Waals surface area (Å²) in [5, 5.41) is 11.9. The van der Waals surface area contributed by atoms with E-state index in [4.69, 9.17) is 9.84 Å². The van der Waals surface area contributed by atoms with Crippen LogP contribution in [0.3, 0.4) is 0 Å². The largest absolute Gasteiger partial charge is 0.481 e. The number of carbonyl (C=O) groups is 2. The van der Waals surface area contributed by atoms with E-state index in [9.17, 15) is 9.59 Å². The molecule has 1 amide bonds. The lowest BCUT2D eigenvalue weighted by molar-refractivity contribution is -0.138. The predicted molar refractivity (Wildman–Crippen MR) is 87.0 cm³/mol. The van der Waals surface area contributed by atoms with Gasteiger partial charge < -0.3 is 15.2 Å². The Bertz CT molecular complexity index is 523. The Labute approximate surface area is 137 Å². The second-order valence-electron chi connectivity index (χ2n) is 6.57. The van der Waals surface area contributed by atoms with E-state index < -0.39 is 18.1 Å². The molecule has 0 spiro atoms. The van der Waals surface area contributed by atoms with Crippen LogP contribution < -0.4 is 5.32 Å². The molecule has 0 aromatic heterocycles. The molecule has 1 aromatic rings. The smallest absolute Gasteiger partial charge is 0.407 e. The van der Waals surface area contributed by atoms with Gasteiger partial charge in [-0.3, -0.25) is 4.79 Å². The number of carboxylic acid groups (broad SMARTS) is 1. The van der Waals surface area contributed by atoms with Crippen molar-refractivity contribution in [3.63, 3.8) is 0 Å². The number of hydrogen-bond donors (Lipinski definition) is 2. The number of ether oxygens (including phenoxy) is 1. The highest BCUT2D eigenvalue weighted by Crippen LogP contribution is 2.39. The molecule has 5 nitrogen and oxygen atoms in total. The molecule has 1 aliphatic rings. The third-order valence-corrected chi connectivity index (χ3v) is 4.72. The van der Waals surface area contributed by atoms with Gasteiger partial charge in [-0.25, -0.2) is 4.79 Å². The first-order valence-corrected chi connectivity index (χ1v) is 8.19. The highest BCUT2D eigenvalue weighted by atomic mass is 16.5. The number of nitrogens with one attached hydrogen (secondary N) is 1. The van der Waals surface area contributed by atoms with Crippen LogP contribution in [-0.2, 0) is 16.1 Å². The first-order chi connectivity index (χ1) is 11.0. The maximum Gasteiger partial charge on any atom is 0.407 e. The molecule has 0 bridgehead atoms. The maximum absolute atomic E-state index is 12.1. The number of rotatable bonds is 6. The van der Waals surface area contributed by atoms with Gasteiger partial charge in [0.15, 0.2) is 0 Å². The fourth-order valence-electron chi connectivity index (χ4n) is 3.26. The van der Waals surface area contributed by atoms with Gasteiger partial charge in [0.1, 0.15) is 6.61 Å². The minimum absolute atomic E-state index is 0.0725. The molecule has 1 aliphatic carbocycles. The standard InChI is InChI=1S/C18H25NO4/c1-18(10-6-3-7-11-18)15(12-16(20)21)19-17(22)23-13-14-8-4-2-5-9-14/h2,4-5,8-9,15H,3,6-7,10-13H2,1H3,(H,19,22)(H,20,21). The van der Waals surface area contributed by atoms with E-state index in [2.05, 4.69) is 12.2 Å². The SMILES string of the molecule is CC1(C(CC(=O)O)NC(=O)OCc2ccccc2)CCCCC1. The van der Waals surface area contributed by atoms with Gasteiger partial charge >= 0.3 is 12.1 Å². The Morgan fingerprint density at radius 2 is 1.87 bits per heavy atom. The average Bonchev–Trinajstić information content (AvgIpc) is 2.54. The van der Waals surface area contributed by atoms with Crippen LogP contribution in [0.25, 0.3) is 0 Å². The van der Waals surface area contributed by atoms with Crippen molar-refractivity contribution < 1.29 is 19.4 Å². The Hall–Kier alpha value is -2.04. The number of benzene rings is 1. The summed E-state index contributed by atoms with van der Waals surface area (Å²) >= 11 is 0. The quantitative estimate of drug-likeness (QED) is 0.838. The third kappa shape index (κ3) is 5.27. The van der Waals surface area contributed by atoms with Gasteiger partial charge in [0.05, 0.1) is 6.42 Å². The van der Waals surface area contributed by atoms with Crippen LogP contribution in [0, 0.1) is 5.41 Å². The summed E-state index contributed by atoms with van der Waals surface area (Å²) in [6.07, 6.45) is 4.58. The minimum atomic E-state index is -0.898. The van der Waals surface area contributed by atoms with Crippen molar-refractivity contribution in [3.8, 4) is 0 Å².